The van der Waals surface area contributed by atoms with Crippen LogP contribution in [0.5, 0.6) is 5.75 Å². The summed E-state index contributed by atoms with van der Waals surface area (Å²) < 4.78 is 5.97. The molecule has 1 aliphatic carbocycles. The molecule has 146 valence electrons. The lowest BCUT2D eigenvalue weighted by molar-refractivity contribution is -0.133. The summed E-state index contributed by atoms with van der Waals surface area (Å²) in [5.74, 6) is -0.390. The Hall–Kier alpha value is -2.70. The summed E-state index contributed by atoms with van der Waals surface area (Å²) in [6, 6.07) is 5.02. The van der Waals surface area contributed by atoms with Gasteiger partial charge in [0.1, 0.15) is 12.4 Å². The Morgan fingerprint density at radius 3 is 2.67 bits per heavy atom. The zero-order valence-corrected chi connectivity index (χ0v) is 16.0. The molecule has 1 fully saturated rings. The molecule has 0 radical (unpaired) electrons. The fourth-order valence-corrected chi connectivity index (χ4v) is 3.42. The van der Waals surface area contributed by atoms with Crippen molar-refractivity contribution in [3.05, 3.63) is 29.3 Å². The molecule has 7 heteroatoms. The zero-order chi connectivity index (χ0) is 19.8. The third kappa shape index (κ3) is 3.86. The van der Waals surface area contributed by atoms with Gasteiger partial charge >= 0.3 is 5.97 Å². The van der Waals surface area contributed by atoms with Crippen LogP contribution in [0.2, 0.25) is 0 Å². The van der Waals surface area contributed by atoms with E-state index in [1.165, 1.54) is 0 Å². The van der Waals surface area contributed by atoms with Crippen molar-refractivity contribution in [2.45, 2.75) is 51.6 Å². The number of hydrogen-bond donors (Lipinski definition) is 4. The Bertz CT molecular complexity index is 796. The molecule has 3 rings (SSSR count). The summed E-state index contributed by atoms with van der Waals surface area (Å²) >= 11 is 0. The maximum atomic E-state index is 12.2. The first-order valence-corrected chi connectivity index (χ1v) is 9.27. The normalized spacial score (nSPS) is 19.6. The van der Waals surface area contributed by atoms with Crippen molar-refractivity contribution < 1.29 is 19.4 Å². The fourth-order valence-electron chi connectivity index (χ4n) is 3.42. The van der Waals surface area contributed by atoms with Gasteiger partial charge in [0.15, 0.2) is 0 Å². The van der Waals surface area contributed by atoms with E-state index in [9.17, 15) is 14.7 Å². The lowest BCUT2D eigenvalue weighted by Crippen LogP contribution is -2.51. The summed E-state index contributed by atoms with van der Waals surface area (Å²) in [6.45, 7) is 5.81. The number of nitrogens with one attached hydrogen (secondary N) is 2. The van der Waals surface area contributed by atoms with Crippen LogP contribution in [0, 0.1) is 5.92 Å². The minimum Gasteiger partial charge on any atom is -0.490 e. The topological polar surface area (TPSA) is 114 Å². The molecule has 5 N–H and O–H groups in total. The van der Waals surface area contributed by atoms with Crippen LogP contribution in [0.1, 0.15) is 45.6 Å². The van der Waals surface area contributed by atoms with Crippen molar-refractivity contribution in [3.63, 3.8) is 0 Å². The maximum Gasteiger partial charge on any atom is 0.335 e. The highest BCUT2D eigenvalue weighted by Crippen LogP contribution is 2.38. The lowest BCUT2D eigenvalue weighted by Gasteiger charge is -2.32. The number of benzene rings is 1. The number of carbonyl (C=O) groups is 2. The molecular formula is C20H27N3O4. The summed E-state index contributed by atoms with van der Waals surface area (Å²) in [5, 5.41) is 15.7. The van der Waals surface area contributed by atoms with Gasteiger partial charge in [-0.3, -0.25) is 4.79 Å². The first-order valence-electron chi connectivity index (χ1n) is 9.27. The Labute approximate surface area is 159 Å². The molecule has 1 aromatic carbocycles. The van der Waals surface area contributed by atoms with Crippen LogP contribution < -0.4 is 21.1 Å². The third-order valence-electron chi connectivity index (χ3n) is 5.15. The van der Waals surface area contributed by atoms with Crippen molar-refractivity contribution >= 4 is 23.3 Å². The maximum absolute atomic E-state index is 12.2. The van der Waals surface area contributed by atoms with E-state index in [1.807, 2.05) is 26.0 Å². The number of amides is 1. The van der Waals surface area contributed by atoms with Crippen LogP contribution in [-0.2, 0) is 9.59 Å². The van der Waals surface area contributed by atoms with Gasteiger partial charge in [-0.15, -0.1) is 0 Å². The van der Waals surface area contributed by atoms with E-state index in [0.717, 1.165) is 24.9 Å². The van der Waals surface area contributed by atoms with Crippen LogP contribution in [0.3, 0.4) is 0 Å². The SMILES string of the molecule is CC1Nc2cccc(OCC(C)(C)NC(=O)C3CCC3)c2C(N)=C1C(=O)O. The molecule has 1 aliphatic heterocycles. The van der Waals surface area contributed by atoms with Crippen LogP contribution in [-0.4, -0.2) is 35.2 Å². The molecule has 1 aromatic rings. The molecule has 0 spiro atoms. The van der Waals surface area contributed by atoms with E-state index < -0.39 is 17.6 Å². The lowest BCUT2D eigenvalue weighted by atomic mass is 9.84. The van der Waals surface area contributed by atoms with E-state index >= 15 is 0 Å². The number of nitrogens with two attached hydrogens (primary N) is 1. The number of fused-ring (bicyclic) bond motifs is 1. The molecule has 1 atom stereocenters. The summed E-state index contributed by atoms with van der Waals surface area (Å²) in [7, 11) is 0. The number of anilines is 1. The number of aliphatic carboxylic acids is 1. The number of rotatable bonds is 6. The van der Waals surface area contributed by atoms with Gasteiger partial charge in [0.05, 0.1) is 28.4 Å². The Morgan fingerprint density at radius 2 is 2.07 bits per heavy atom. The van der Waals surface area contributed by atoms with Crippen LogP contribution >= 0.6 is 0 Å². The van der Waals surface area contributed by atoms with E-state index in [2.05, 4.69) is 10.6 Å². The second-order valence-corrected chi connectivity index (χ2v) is 7.97. The van der Waals surface area contributed by atoms with Gasteiger partial charge in [-0.1, -0.05) is 12.5 Å². The molecular weight excluding hydrogens is 346 g/mol. The Kier molecular flexibility index (Phi) is 5.04. The number of ether oxygens (including phenoxy) is 1. The number of hydrogen-bond acceptors (Lipinski definition) is 5. The summed E-state index contributed by atoms with van der Waals surface area (Å²) in [4.78, 5) is 23.8. The largest absolute Gasteiger partial charge is 0.490 e. The average Bonchev–Trinajstić information content (AvgIpc) is 2.49. The van der Waals surface area contributed by atoms with Crippen molar-refractivity contribution in [3.8, 4) is 5.75 Å². The van der Waals surface area contributed by atoms with Crippen molar-refractivity contribution in [2.24, 2.45) is 11.7 Å². The van der Waals surface area contributed by atoms with Crippen LogP contribution in [0.15, 0.2) is 23.8 Å². The average molecular weight is 373 g/mol. The quantitative estimate of drug-likeness (QED) is 0.609. The second-order valence-electron chi connectivity index (χ2n) is 7.97. The number of carboxylic acids is 1. The molecule has 0 saturated heterocycles. The van der Waals surface area contributed by atoms with Gasteiger partial charge < -0.3 is 26.2 Å². The number of carbonyl (C=O) groups excluding carboxylic acids is 1. The monoisotopic (exact) mass is 373 g/mol. The van der Waals surface area contributed by atoms with Crippen molar-refractivity contribution in [2.75, 3.05) is 11.9 Å². The molecule has 7 nitrogen and oxygen atoms in total. The third-order valence-corrected chi connectivity index (χ3v) is 5.15. The highest BCUT2D eigenvalue weighted by atomic mass is 16.5. The minimum atomic E-state index is -1.05. The Balaban J connectivity index is 1.78. The van der Waals surface area contributed by atoms with Crippen LogP contribution in [0.25, 0.3) is 5.70 Å². The standard InChI is InChI=1S/C20H27N3O4/c1-11-15(19(25)26)17(21)16-13(22-11)8-5-9-14(16)27-10-20(2,3)23-18(24)12-6-4-7-12/h5,8-9,11-12,22H,4,6-7,10,21H2,1-3H3,(H,23,24)(H,25,26). The van der Waals surface area contributed by atoms with E-state index in [0.29, 0.717) is 11.3 Å². The molecule has 1 saturated carbocycles. The second kappa shape index (κ2) is 7.13. The molecule has 1 amide bonds. The first kappa shape index (κ1) is 19.1. The summed E-state index contributed by atoms with van der Waals surface area (Å²) in [6.07, 6.45) is 2.99. The van der Waals surface area contributed by atoms with Gasteiger partial charge in [0, 0.05) is 11.6 Å². The molecule has 2 aliphatic rings. The van der Waals surface area contributed by atoms with E-state index in [4.69, 9.17) is 10.5 Å². The van der Waals surface area contributed by atoms with Gasteiger partial charge in [0.25, 0.3) is 0 Å². The highest BCUT2D eigenvalue weighted by molar-refractivity contribution is 6.02. The molecule has 0 aromatic heterocycles. The summed E-state index contributed by atoms with van der Waals surface area (Å²) in [5.41, 5.74) is 7.23. The first-order chi connectivity index (χ1) is 12.7. The molecule has 0 bridgehead atoms. The molecule has 1 unspecified atom stereocenters. The smallest absolute Gasteiger partial charge is 0.335 e. The van der Waals surface area contributed by atoms with E-state index in [-0.39, 0.29) is 29.7 Å². The molecule has 27 heavy (non-hydrogen) atoms. The highest BCUT2D eigenvalue weighted by Gasteiger charge is 2.32. The van der Waals surface area contributed by atoms with Gasteiger partial charge in [-0.2, -0.15) is 0 Å². The van der Waals surface area contributed by atoms with E-state index in [1.54, 1.807) is 13.0 Å². The van der Waals surface area contributed by atoms with Crippen molar-refractivity contribution in [1.82, 2.24) is 5.32 Å². The number of carboxylic acid groups (broad SMARTS) is 1. The fraction of sp³-hybridized carbons (Fsp3) is 0.500. The van der Waals surface area contributed by atoms with Crippen molar-refractivity contribution in [1.29, 1.82) is 0 Å². The Morgan fingerprint density at radius 1 is 1.37 bits per heavy atom. The van der Waals surface area contributed by atoms with Gasteiger partial charge in [-0.05, 0) is 45.7 Å². The zero-order valence-electron chi connectivity index (χ0n) is 16.0. The minimum absolute atomic E-state index is 0.0630. The van der Waals surface area contributed by atoms with Gasteiger partial charge in [-0.25, -0.2) is 4.79 Å². The molecule has 1 heterocycles. The van der Waals surface area contributed by atoms with Crippen LogP contribution in [0.4, 0.5) is 5.69 Å². The van der Waals surface area contributed by atoms with Gasteiger partial charge in [0.2, 0.25) is 5.91 Å². The predicted molar refractivity (Wildman–Crippen MR) is 103 cm³/mol. The predicted octanol–water partition coefficient (Wildman–Crippen LogP) is 2.33.